The lowest BCUT2D eigenvalue weighted by Crippen LogP contribution is -2.58. The largest absolute Gasteiger partial charge is 0.503 e. The number of carbonyl (C=O) groups is 4. The molecule has 2 saturated heterocycles. The van der Waals surface area contributed by atoms with Gasteiger partial charge in [0.25, 0.3) is 5.91 Å². The Morgan fingerprint density at radius 3 is 2.57 bits per heavy atom. The van der Waals surface area contributed by atoms with E-state index in [1.54, 1.807) is 6.92 Å². The van der Waals surface area contributed by atoms with E-state index in [-0.39, 0.29) is 34.9 Å². The molecule has 3 amide bonds. The summed E-state index contributed by atoms with van der Waals surface area (Å²) in [4.78, 5) is 48.6. The van der Waals surface area contributed by atoms with Crippen molar-refractivity contribution >= 4 is 58.8 Å². The zero-order valence-corrected chi connectivity index (χ0v) is 17.5. The predicted molar refractivity (Wildman–Crippen MR) is 104 cm³/mol. The fourth-order valence-electron chi connectivity index (χ4n) is 3.16. The smallest absolute Gasteiger partial charge is 0.426 e. The molecule has 0 aliphatic carbocycles. The van der Waals surface area contributed by atoms with Crippen LogP contribution in [0.2, 0.25) is 10.0 Å². The third-order valence-electron chi connectivity index (χ3n) is 4.62. The van der Waals surface area contributed by atoms with Gasteiger partial charge in [0.15, 0.2) is 11.5 Å². The number of phenolic OH excluding ortho intramolecular Hbond substituents is 2. The van der Waals surface area contributed by atoms with E-state index in [0.29, 0.717) is 0 Å². The number of fused-ring (bicyclic) bond motifs is 1. The first kappa shape index (κ1) is 22.1. The number of nitrogens with zero attached hydrogens (tertiary/aromatic N) is 1. The van der Waals surface area contributed by atoms with E-state index < -0.39 is 45.3 Å². The van der Waals surface area contributed by atoms with Crippen molar-refractivity contribution in [1.29, 1.82) is 0 Å². The number of benzene rings is 1. The van der Waals surface area contributed by atoms with Gasteiger partial charge in [0, 0.05) is 0 Å². The molecular weight excluding hydrogens is 465 g/mol. The summed E-state index contributed by atoms with van der Waals surface area (Å²) in [6.45, 7) is 1.22. The summed E-state index contributed by atoms with van der Waals surface area (Å²) in [6, 6.07) is -0.173. The Morgan fingerprint density at radius 1 is 1.30 bits per heavy atom. The van der Waals surface area contributed by atoms with Gasteiger partial charge in [-0.05, 0) is 13.0 Å². The number of phenols is 2. The molecular formula is C16H15Cl2N3O8S. The Hall–Kier alpha value is -2.57. The van der Waals surface area contributed by atoms with Gasteiger partial charge in [-0.2, -0.15) is 0 Å². The van der Waals surface area contributed by atoms with E-state index in [4.69, 9.17) is 27.9 Å². The van der Waals surface area contributed by atoms with Crippen molar-refractivity contribution in [3.05, 3.63) is 21.7 Å². The third-order valence-corrected chi connectivity index (χ3v) is 6.84. The first-order valence-corrected chi connectivity index (χ1v) is 9.94. The molecule has 0 radical (unpaired) electrons. The molecule has 0 bridgehead atoms. The van der Waals surface area contributed by atoms with Crippen LogP contribution in [0.1, 0.15) is 23.7 Å². The van der Waals surface area contributed by atoms with Crippen molar-refractivity contribution in [3.8, 4) is 11.5 Å². The van der Waals surface area contributed by atoms with E-state index in [9.17, 15) is 34.5 Å². The maximum atomic E-state index is 12.1. The third kappa shape index (κ3) is 3.77. The normalized spacial score (nSPS) is 24.6. The molecule has 2 aliphatic rings. The molecule has 5 N–H and O–H groups in total. The van der Waals surface area contributed by atoms with Crippen LogP contribution in [-0.4, -0.2) is 66.9 Å². The number of aromatic hydroxyl groups is 2. The lowest BCUT2D eigenvalue weighted by atomic mass is 9.97. The second-order valence-corrected chi connectivity index (χ2v) is 9.20. The molecule has 2 fully saturated rings. The molecule has 0 aromatic heterocycles. The first-order chi connectivity index (χ1) is 14.0. The van der Waals surface area contributed by atoms with E-state index in [1.807, 2.05) is 10.9 Å². The summed E-state index contributed by atoms with van der Waals surface area (Å²) in [5.41, 5.74) is 3.61. The molecule has 1 aromatic rings. The zero-order chi connectivity index (χ0) is 22.4. The van der Waals surface area contributed by atoms with Gasteiger partial charge >= 0.3 is 12.1 Å². The number of hydrogen-bond donors (Lipinski definition) is 5. The molecule has 2 heterocycles. The van der Waals surface area contributed by atoms with Crippen LogP contribution in [0.4, 0.5) is 4.79 Å². The van der Waals surface area contributed by atoms with Crippen molar-refractivity contribution in [2.24, 2.45) is 0 Å². The molecule has 0 spiro atoms. The van der Waals surface area contributed by atoms with E-state index in [2.05, 4.69) is 0 Å². The average molecular weight is 480 g/mol. The zero-order valence-electron chi connectivity index (χ0n) is 15.1. The molecule has 11 nitrogen and oxygen atoms in total. The molecule has 30 heavy (non-hydrogen) atoms. The second kappa shape index (κ2) is 7.93. The van der Waals surface area contributed by atoms with E-state index >= 15 is 0 Å². The number of amides is 3. The summed E-state index contributed by atoms with van der Waals surface area (Å²) in [5, 5.41) is 27.5. The lowest BCUT2D eigenvalue weighted by Gasteiger charge is -2.36. The molecule has 2 aliphatic heterocycles. The molecule has 0 unspecified atom stereocenters. The molecule has 0 saturated carbocycles. The maximum Gasteiger partial charge on any atom is 0.426 e. The van der Waals surface area contributed by atoms with Crippen LogP contribution in [0.5, 0.6) is 11.5 Å². The lowest BCUT2D eigenvalue weighted by molar-refractivity contribution is -0.157. The van der Waals surface area contributed by atoms with Gasteiger partial charge in [-0.1, -0.05) is 23.2 Å². The van der Waals surface area contributed by atoms with Crippen molar-refractivity contribution in [1.82, 2.24) is 15.8 Å². The average Bonchev–Trinajstić information content (AvgIpc) is 2.93. The molecule has 162 valence electrons. The summed E-state index contributed by atoms with van der Waals surface area (Å²) >= 11 is 12.7. The quantitative estimate of drug-likeness (QED) is 0.243. The Morgan fingerprint density at radius 2 is 1.97 bits per heavy atom. The van der Waals surface area contributed by atoms with E-state index in [1.165, 1.54) is 16.7 Å². The van der Waals surface area contributed by atoms with E-state index in [0.717, 1.165) is 6.07 Å². The van der Waals surface area contributed by atoms with Gasteiger partial charge in [-0.3, -0.25) is 15.0 Å². The van der Waals surface area contributed by atoms with Crippen LogP contribution < -0.4 is 10.9 Å². The monoisotopic (exact) mass is 479 g/mol. The minimum atomic E-state index is -1.21. The van der Waals surface area contributed by atoms with Crippen LogP contribution in [0.15, 0.2) is 6.07 Å². The fraction of sp³-hybridized carbons (Fsp3) is 0.375. The molecule has 3 atom stereocenters. The van der Waals surface area contributed by atoms with Gasteiger partial charge < -0.3 is 25.0 Å². The standard InChI is InChI=1S/C16H15Cl2N3O8S/c1-16(12(14(26)27)21-7(22)3-8(21)30-16)4-29-15(28)20-19-13(25)5-2-6(17)10(23)11(24)9(5)18/h2,8,12,23-24H,3-4H2,1H3,(H,19,25)(H,20,28)(H,26,27)/t8-,12+,16+/m1/s1. The van der Waals surface area contributed by atoms with Crippen molar-refractivity contribution in [2.75, 3.05) is 6.61 Å². The minimum Gasteiger partial charge on any atom is -0.503 e. The number of ether oxygens (including phenoxy) is 1. The number of hydrazine groups is 1. The van der Waals surface area contributed by atoms with Crippen LogP contribution in [-0.2, 0) is 14.3 Å². The summed E-state index contributed by atoms with van der Waals surface area (Å²) < 4.78 is 3.94. The summed E-state index contributed by atoms with van der Waals surface area (Å²) in [7, 11) is 0. The number of carboxylic acids is 1. The Bertz CT molecular complexity index is 961. The number of halogens is 2. The number of thioether (sulfide) groups is 1. The van der Waals surface area contributed by atoms with Gasteiger partial charge in [0.1, 0.15) is 12.6 Å². The van der Waals surface area contributed by atoms with Crippen LogP contribution in [0, 0.1) is 0 Å². The second-order valence-electron chi connectivity index (χ2n) is 6.70. The highest BCUT2D eigenvalue weighted by molar-refractivity contribution is 8.01. The number of carbonyl (C=O) groups excluding carboxylic acids is 3. The Kier molecular flexibility index (Phi) is 5.85. The number of carboxylic acid groups (broad SMARTS) is 1. The Balaban J connectivity index is 1.58. The van der Waals surface area contributed by atoms with Gasteiger partial charge in [-0.15, -0.1) is 11.8 Å². The van der Waals surface area contributed by atoms with Gasteiger partial charge in [0.2, 0.25) is 5.91 Å². The summed E-state index contributed by atoms with van der Waals surface area (Å²) in [5.74, 6) is -3.97. The summed E-state index contributed by atoms with van der Waals surface area (Å²) in [6.07, 6.45) is -0.880. The van der Waals surface area contributed by atoms with Gasteiger partial charge in [-0.25, -0.2) is 15.0 Å². The highest BCUT2D eigenvalue weighted by Crippen LogP contribution is 2.51. The van der Waals surface area contributed by atoms with Gasteiger partial charge in [0.05, 0.1) is 32.2 Å². The van der Waals surface area contributed by atoms with Crippen LogP contribution >= 0.6 is 35.0 Å². The first-order valence-electron chi connectivity index (χ1n) is 8.31. The predicted octanol–water partition coefficient (Wildman–Crippen LogP) is 1.29. The van der Waals surface area contributed by atoms with Crippen LogP contribution in [0.25, 0.3) is 0 Å². The van der Waals surface area contributed by atoms with Crippen LogP contribution in [0.3, 0.4) is 0 Å². The number of hydrogen-bond acceptors (Lipinski definition) is 8. The fourth-order valence-corrected chi connectivity index (χ4v) is 5.26. The highest BCUT2D eigenvalue weighted by atomic mass is 35.5. The van der Waals surface area contributed by atoms with Crippen molar-refractivity contribution in [3.63, 3.8) is 0 Å². The molecule has 14 heteroatoms. The number of nitrogens with one attached hydrogen (secondary N) is 2. The van der Waals surface area contributed by atoms with Crippen molar-refractivity contribution < 1.29 is 39.2 Å². The highest BCUT2D eigenvalue weighted by Gasteiger charge is 2.61. The topological polar surface area (TPSA) is 166 Å². The number of rotatable bonds is 4. The Labute approximate surface area is 183 Å². The molecule has 1 aromatic carbocycles. The maximum absolute atomic E-state index is 12.1. The number of β-lactam (4-membered cyclic amide) rings is 1. The van der Waals surface area contributed by atoms with Crippen molar-refractivity contribution in [2.45, 2.75) is 29.5 Å². The molecule has 3 rings (SSSR count). The SMILES string of the molecule is C[C@@]1(COC(=O)NNC(=O)c2cc(Cl)c(O)c(O)c2Cl)S[C@@H]2CC(=O)N2[C@H]1C(=O)O. The number of aliphatic carboxylic acids is 1. The minimum absolute atomic E-state index is 0.217.